The molecule has 0 bridgehead atoms. The molecule has 1 rings (SSSR count). The lowest BCUT2D eigenvalue weighted by Gasteiger charge is -2.08. The van der Waals surface area contributed by atoms with Crippen LogP contribution >= 0.6 is 0 Å². The van der Waals surface area contributed by atoms with E-state index in [1.807, 2.05) is 13.8 Å². The van der Waals surface area contributed by atoms with Crippen LogP contribution in [0.3, 0.4) is 0 Å². The third-order valence-electron chi connectivity index (χ3n) is 2.28. The van der Waals surface area contributed by atoms with Crippen LogP contribution in [0.15, 0.2) is 24.3 Å². The van der Waals surface area contributed by atoms with Gasteiger partial charge in [0.05, 0.1) is 4.92 Å². The molecule has 0 aliphatic carbocycles. The van der Waals surface area contributed by atoms with Gasteiger partial charge in [0, 0.05) is 25.1 Å². The van der Waals surface area contributed by atoms with Crippen molar-refractivity contribution in [2.75, 3.05) is 11.9 Å². The molecule has 2 N–H and O–H groups in total. The monoisotopic (exact) mass is 251 g/mol. The van der Waals surface area contributed by atoms with E-state index in [1.165, 1.54) is 12.1 Å². The van der Waals surface area contributed by atoms with Crippen LogP contribution in [0, 0.1) is 10.1 Å². The number of para-hydroxylation sites is 2. The Kier molecular flexibility index (Phi) is 5.26. The molecule has 1 aromatic carbocycles. The molecule has 0 atom stereocenters. The summed E-state index contributed by atoms with van der Waals surface area (Å²) in [6, 6.07) is 6.40. The average Bonchev–Trinajstić information content (AvgIpc) is 2.28. The predicted molar refractivity (Wildman–Crippen MR) is 69.5 cm³/mol. The summed E-state index contributed by atoms with van der Waals surface area (Å²) >= 11 is 0. The first kappa shape index (κ1) is 14.1. The number of anilines is 1. The van der Waals surface area contributed by atoms with Crippen molar-refractivity contribution in [2.45, 2.75) is 26.3 Å². The maximum absolute atomic E-state index is 11.6. The molecule has 0 heterocycles. The van der Waals surface area contributed by atoms with Crippen LogP contribution in [0.5, 0.6) is 0 Å². The second-order valence-electron chi connectivity index (χ2n) is 4.18. The first-order valence-corrected chi connectivity index (χ1v) is 5.77. The third kappa shape index (κ3) is 4.50. The minimum Gasteiger partial charge on any atom is -0.320 e. The highest BCUT2D eigenvalue weighted by atomic mass is 16.6. The number of amides is 1. The first-order valence-electron chi connectivity index (χ1n) is 5.77. The van der Waals surface area contributed by atoms with Gasteiger partial charge in [0.25, 0.3) is 5.69 Å². The fraction of sp³-hybridized carbons (Fsp3) is 0.417. The highest BCUT2D eigenvalue weighted by Gasteiger charge is 2.14. The highest BCUT2D eigenvalue weighted by molar-refractivity contribution is 5.93. The Balaban J connectivity index is 2.56. The number of carbonyl (C=O) groups excluding carboxylic acids is 1. The molecular weight excluding hydrogens is 234 g/mol. The van der Waals surface area contributed by atoms with Gasteiger partial charge in [-0.05, 0) is 6.07 Å². The number of nitrogens with one attached hydrogen (secondary N) is 2. The van der Waals surface area contributed by atoms with Gasteiger partial charge in [0.15, 0.2) is 0 Å². The van der Waals surface area contributed by atoms with Crippen molar-refractivity contribution in [3.8, 4) is 0 Å². The number of benzene rings is 1. The van der Waals surface area contributed by atoms with Crippen molar-refractivity contribution in [2.24, 2.45) is 0 Å². The van der Waals surface area contributed by atoms with E-state index in [9.17, 15) is 14.9 Å². The fourth-order valence-electron chi connectivity index (χ4n) is 1.43. The molecule has 98 valence electrons. The molecule has 0 aromatic heterocycles. The van der Waals surface area contributed by atoms with Crippen LogP contribution in [0.2, 0.25) is 0 Å². The van der Waals surface area contributed by atoms with Crippen molar-refractivity contribution < 1.29 is 9.72 Å². The van der Waals surface area contributed by atoms with Crippen LogP contribution in [0.1, 0.15) is 20.3 Å². The zero-order chi connectivity index (χ0) is 13.5. The summed E-state index contributed by atoms with van der Waals surface area (Å²) in [5, 5.41) is 16.4. The molecule has 0 saturated carbocycles. The van der Waals surface area contributed by atoms with E-state index in [0.29, 0.717) is 12.6 Å². The Morgan fingerprint density at radius 1 is 1.39 bits per heavy atom. The molecule has 0 spiro atoms. The summed E-state index contributed by atoms with van der Waals surface area (Å²) in [5.74, 6) is -0.238. The van der Waals surface area contributed by atoms with Crippen molar-refractivity contribution >= 4 is 17.3 Å². The van der Waals surface area contributed by atoms with E-state index in [-0.39, 0.29) is 23.7 Å². The standard InChI is InChI=1S/C12H17N3O3/c1-9(2)13-8-7-12(16)14-10-5-3-4-6-11(10)15(17)18/h3-6,9,13H,7-8H2,1-2H3,(H,14,16). The maximum Gasteiger partial charge on any atom is 0.292 e. The number of rotatable bonds is 6. The molecule has 1 aromatic rings. The van der Waals surface area contributed by atoms with Gasteiger partial charge >= 0.3 is 0 Å². The molecule has 6 nitrogen and oxygen atoms in total. The zero-order valence-electron chi connectivity index (χ0n) is 10.5. The quantitative estimate of drug-likeness (QED) is 0.597. The van der Waals surface area contributed by atoms with Crippen molar-refractivity contribution in [1.29, 1.82) is 0 Å². The molecule has 0 radical (unpaired) electrons. The number of hydrogen-bond donors (Lipinski definition) is 2. The molecule has 0 aliphatic heterocycles. The van der Waals surface area contributed by atoms with E-state index in [2.05, 4.69) is 10.6 Å². The van der Waals surface area contributed by atoms with Gasteiger partial charge < -0.3 is 10.6 Å². The Morgan fingerprint density at radius 3 is 2.67 bits per heavy atom. The van der Waals surface area contributed by atoms with E-state index < -0.39 is 4.92 Å². The lowest BCUT2D eigenvalue weighted by molar-refractivity contribution is -0.383. The molecule has 1 amide bonds. The summed E-state index contributed by atoms with van der Waals surface area (Å²) < 4.78 is 0. The highest BCUT2D eigenvalue weighted by Crippen LogP contribution is 2.23. The van der Waals surface area contributed by atoms with Gasteiger partial charge in [0.1, 0.15) is 5.69 Å². The largest absolute Gasteiger partial charge is 0.320 e. The third-order valence-corrected chi connectivity index (χ3v) is 2.28. The van der Waals surface area contributed by atoms with Crippen molar-refractivity contribution in [3.05, 3.63) is 34.4 Å². The van der Waals surface area contributed by atoms with E-state index in [4.69, 9.17) is 0 Å². The average molecular weight is 251 g/mol. The molecular formula is C12H17N3O3. The number of nitro benzene ring substituents is 1. The Hall–Kier alpha value is -1.95. The molecule has 0 unspecified atom stereocenters. The van der Waals surface area contributed by atoms with Crippen molar-refractivity contribution in [3.63, 3.8) is 0 Å². The number of hydrogen-bond acceptors (Lipinski definition) is 4. The van der Waals surface area contributed by atoms with Gasteiger partial charge in [-0.3, -0.25) is 14.9 Å². The molecule has 0 saturated heterocycles. The molecule has 0 aliphatic rings. The van der Waals surface area contributed by atoms with Crippen LogP contribution in [0.4, 0.5) is 11.4 Å². The van der Waals surface area contributed by atoms with Gasteiger partial charge in [-0.2, -0.15) is 0 Å². The minimum absolute atomic E-state index is 0.0948. The summed E-state index contributed by atoms with van der Waals surface area (Å²) in [4.78, 5) is 21.8. The zero-order valence-corrected chi connectivity index (χ0v) is 10.5. The number of nitro groups is 1. The Morgan fingerprint density at radius 2 is 2.06 bits per heavy atom. The second-order valence-corrected chi connectivity index (χ2v) is 4.18. The molecule has 0 fully saturated rings. The fourth-order valence-corrected chi connectivity index (χ4v) is 1.43. The summed E-state index contributed by atoms with van der Waals surface area (Å²) in [6.07, 6.45) is 0.282. The van der Waals surface area contributed by atoms with Gasteiger partial charge in [-0.15, -0.1) is 0 Å². The summed E-state index contributed by atoms with van der Waals surface area (Å²) in [6.45, 7) is 4.52. The Bertz CT molecular complexity index is 432. The summed E-state index contributed by atoms with van der Waals surface area (Å²) in [7, 11) is 0. The first-order chi connectivity index (χ1) is 8.50. The number of carbonyl (C=O) groups is 1. The van der Waals surface area contributed by atoms with E-state index in [0.717, 1.165) is 0 Å². The Labute approximate surface area is 106 Å². The van der Waals surface area contributed by atoms with Crippen LogP contribution in [-0.4, -0.2) is 23.4 Å². The maximum atomic E-state index is 11.6. The van der Waals surface area contributed by atoms with Gasteiger partial charge in [-0.25, -0.2) is 0 Å². The second kappa shape index (κ2) is 6.70. The summed E-state index contributed by atoms with van der Waals surface area (Å²) in [5.41, 5.74) is 0.139. The van der Waals surface area contributed by atoms with Crippen LogP contribution in [-0.2, 0) is 4.79 Å². The van der Waals surface area contributed by atoms with Gasteiger partial charge in [-0.1, -0.05) is 26.0 Å². The predicted octanol–water partition coefficient (Wildman–Crippen LogP) is 1.92. The minimum atomic E-state index is -0.512. The molecule has 6 heteroatoms. The lowest BCUT2D eigenvalue weighted by Crippen LogP contribution is -2.27. The lowest BCUT2D eigenvalue weighted by atomic mass is 10.2. The van der Waals surface area contributed by atoms with E-state index in [1.54, 1.807) is 12.1 Å². The van der Waals surface area contributed by atoms with Crippen molar-refractivity contribution in [1.82, 2.24) is 5.32 Å². The van der Waals surface area contributed by atoms with E-state index >= 15 is 0 Å². The number of nitrogens with zero attached hydrogens (tertiary/aromatic N) is 1. The van der Waals surface area contributed by atoms with Crippen LogP contribution in [0.25, 0.3) is 0 Å². The smallest absolute Gasteiger partial charge is 0.292 e. The topological polar surface area (TPSA) is 84.3 Å². The molecule has 18 heavy (non-hydrogen) atoms. The van der Waals surface area contributed by atoms with Crippen LogP contribution < -0.4 is 10.6 Å². The normalized spacial score (nSPS) is 10.4. The van der Waals surface area contributed by atoms with Gasteiger partial charge in [0.2, 0.25) is 5.91 Å². The SMILES string of the molecule is CC(C)NCCC(=O)Nc1ccccc1[N+](=O)[O-].